The van der Waals surface area contributed by atoms with Gasteiger partial charge in [-0.15, -0.1) is 0 Å². The van der Waals surface area contributed by atoms with Crippen molar-refractivity contribution in [2.45, 2.75) is 30.9 Å². The SMILES string of the molecule is O=C(OCCCCCCBr)C(F)(F)SOO[O-].[Na+]. The standard InChI is InChI=1S/C8H13BrF2O5S.Na/c9-5-3-1-2-4-6-14-7(12)8(10,11)17-16-15-13;/h13H,1-6H2;/q;+1/p-1. The van der Waals surface area contributed by atoms with Crippen molar-refractivity contribution in [2.75, 3.05) is 11.9 Å². The molecule has 0 unspecified atom stereocenters. The number of hydrogen-bond donors (Lipinski definition) is 0. The number of unbranched alkanes of at least 4 members (excludes halogenated alkanes) is 3. The number of ether oxygens (including phenoxy) is 1. The molecule has 18 heavy (non-hydrogen) atoms. The Bertz CT molecular complexity index is 226. The molecule has 0 aliphatic heterocycles. The summed E-state index contributed by atoms with van der Waals surface area (Å²) in [5, 5.41) is 8.98. The van der Waals surface area contributed by atoms with E-state index in [0.717, 1.165) is 24.6 Å². The van der Waals surface area contributed by atoms with Gasteiger partial charge in [0, 0.05) is 5.33 Å². The summed E-state index contributed by atoms with van der Waals surface area (Å²) < 4.78 is 33.3. The molecule has 10 heteroatoms. The Balaban J connectivity index is 0. The van der Waals surface area contributed by atoms with Crippen LogP contribution in [0.1, 0.15) is 25.7 Å². The van der Waals surface area contributed by atoms with Crippen molar-refractivity contribution < 1.29 is 62.5 Å². The summed E-state index contributed by atoms with van der Waals surface area (Å²) in [6.07, 6.45) is 3.21. The van der Waals surface area contributed by atoms with E-state index in [2.05, 4.69) is 30.0 Å². The molecule has 0 aromatic heterocycles. The van der Waals surface area contributed by atoms with Crippen molar-refractivity contribution in [3.05, 3.63) is 0 Å². The number of carbonyl (C=O) groups excluding carboxylic acids is 1. The largest absolute Gasteiger partial charge is 1.00 e. The topological polar surface area (TPSA) is 67.8 Å². The third kappa shape index (κ3) is 10.9. The van der Waals surface area contributed by atoms with Crippen molar-refractivity contribution in [1.29, 1.82) is 0 Å². The van der Waals surface area contributed by atoms with Gasteiger partial charge >= 0.3 is 40.8 Å². The number of hydrogen-bond acceptors (Lipinski definition) is 6. The minimum absolute atomic E-state index is 0. The van der Waals surface area contributed by atoms with Crippen LogP contribution in [0.4, 0.5) is 8.78 Å². The predicted octanol–water partition coefficient (Wildman–Crippen LogP) is -1.05. The average Bonchev–Trinajstić information content (AvgIpc) is 2.30. The van der Waals surface area contributed by atoms with Crippen LogP contribution in [0.3, 0.4) is 0 Å². The average molecular weight is 361 g/mol. The van der Waals surface area contributed by atoms with E-state index < -0.39 is 23.3 Å². The van der Waals surface area contributed by atoms with E-state index >= 15 is 0 Å². The second-order valence-electron chi connectivity index (χ2n) is 2.98. The third-order valence-electron chi connectivity index (χ3n) is 1.67. The Hall–Kier alpha value is 1.04. The Kier molecular flexibility index (Phi) is 15.5. The van der Waals surface area contributed by atoms with Crippen LogP contribution in [0, 0.1) is 0 Å². The van der Waals surface area contributed by atoms with Crippen LogP contribution in [-0.4, -0.2) is 23.2 Å². The zero-order valence-corrected chi connectivity index (χ0v) is 14.2. The molecule has 0 aliphatic carbocycles. The Labute approximate surface area is 138 Å². The molecule has 0 aliphatic rings. The third-order valence-corrected chi connectivity index (χ3v) is 2.73. The van der Waals surface area contributed by atoms with Gasteiger partial charge in [0.25, 0.3) is 0 Å². The number of esters is 1. The van der Waals surface area contributed by atoms with Crippen molar-refractivity contribution >= 4 is 33.9 Å². The Morgan fingerprint density at radius 1 is 1.28 bits per heavy atom. The van der Waals surface area contributed by atoms with Gasteiger partial charge in [0.2, 0.25) is 0 Å². The van der Waals surface area contributed by atoms with Gasteiger partial charge < -0.3 is 9.99 Å². The van der Waals surface area contributed by atoms with E-state index in [1.807, 2.05) is 0 Å². The van der Waals surface area contributed by atoms with E-state index in [9.17, 15) is 18.8 Å². The second-order valence-corrected chi connectivity index (χ2v) is 4.58. The summed E-state index contributed by atoms with van der Waals surface area (Å²) in [5.74, 6) is -1.75. The molecule has 0 saturated carbocycles. The summed E-state index contributed by atoms with van der Waals surface area (Å²) in [7, 11) is 0. The van der Waals surface area contributed by atoms with E-state index in [0.29, 0.717) is 6.42 Å². The molecule has 0 bridgehead atoms. The van der Waals surface area contributed by atoms with Crippen molar-refractivity contribution in [3.63, 3.8) is 0 Å². The minimum atomic E-state index is -3.94. The van der Waals surface area contributed by atoms with Gasteiger partial charge in [-0.3, -0.25) is 5.04 Å². The normalized spacial score (nSPS) is 10.9. The van der Waals surface area contributed by atoms with Crippen molar-refractivity contribution in [3.8, 4) is 0 Å². The van der Waals surface area contributed by atoms with Crippen LogP contribution in [0.5, 0.6) is 0 Å². The molecule has 5 nitrogen and oxygen atoms in total. The van der Waals surface area contributed by atoms with E-state index in [1.54, 1.807) is 0 Å². The first-order valence-corrected chi connectivity index (χ1v) is 6.66. The first kappa shape index (κ1) is 21.3. The molecule has 0 amide bonds. The molecule has 0 spiro atoms. The fourth-order valence-corrected chi connectivity index (χ4v) is 1.53. The van der Waals surface area contributed by atoms with Crippen LogP contribution in [0.2, 0.25) is 0 Å². The summed E-state index contributed by atoms with van der Waals surface area (Å²) in [6, 6.07) is 0. The van der Waals surface area contributed by atoms with Gasteiger partial charge in [-0.1, -0.05) is 28.8 Å². The first-order chi connectivity index (χ1) is 8.04. The fraction of sp³-hybridized carbons (Fsp3) is 0.875. The Morgan fingerprint density at radius 2 is 1.89 bits per heavy atom. The molecule has 0 fully saturated rings. The quantitative estimate of drug-likeness (QED) is 0.0942. The molecule has 0 atom stereocenters. The van der Waals surface area contributed by atoms with Crippen molar-refractivity contribution in [1.82, 2.24) is 0 Å². The second kappa shape index (κ2) is 13.0. The first-order valence-electron chi connectivity index (χ1n) is 4.80. The molecular weight excluding hydrogens is 349 g/mol. The minimum Gasteiger partial charge on any atom is -0.691 e. The van der Waals surface area contributed by atoms with Gasteiger partial charge in [0.1, 0.15) is 12.0 Å². The van der Waals surface area contributed by atoms with Crippen molar-refractivity contribution in [2.24, 2.45) is 0 Å². The van der Waals surface area contributed by atoms with Crippen LogP contribution in [-0.2, 0) is 18.9 Å². The molecule has 0 rings (SSSR count). The van der Waals surface area contributed by atoms with E-state index in [1.165, 1.54) is 0 Å². The molecule has 102 valence electrons. The maximum atomic E-state index is 12.8. The van der Waals surface area contributed by atoms with E-state index in [4.69, 9.17) is 0 Å². The monoisotopic (exact) mass is 360 g/mol. The van der Waals surface area contributed by atoms with Gasteiger partial charge in [0.05, 0.1) is 6.61 Å². The van der Waals surface area contributed by atoms with Crippen LogP contribution in [0.25, 0.3) is 0 Å². The van der Waals surface area contributed by atoms with Gasteiger partial charge in [-0.2, -0.15) is 13.1 Å². The van der Waals surface area contributed by atoms with Gasteiger partial charge in [-0.05, 0) is 12.8 Å². The molecule has 0 N–H and O–H groups in total. The molecule has 0 heterocycles. The van der Waals surface area contributed by atoms with E-state index in [-0.39, 0.29) is 36.2 Å². The molecular formula is C8H12BrF2NaO5S. The summed E-state index contributed by atoms with van der Waals surface area (Å²) in [6.45, 7) is -0.0878. The number of alkyl halides is 3. The van der Waals surface area contributed by atoms with Crippen LogP contribution < -0.4 is 34.8 Å². The van der Waals surface area contributed by atoms with Crippen LogP contribution in [0.15, 0.2) is 0 Å². The number of carbonyl (C=O) groups is 1. The Morgan fingerprint density at radius 3 is 2.44 bits per heavy atom. The molecule has 0 aromatic rings. The van der Waals surface area contributed by atoms with Gasteiger partial charge in [0.15, 0.2) is 0 Å². The zero-order chi connectivity index (χ0) is 13.1. The maximum Gasteiger partial charge on any atom is 1.00 e. The number of halogens is 3. The fourth-order valence-electron chi connectivity index (χ4n) is 0.890. The zero-order valence-electron chi connectivity index (χ0n) is 9.83. The molecule has 0 saturated heterocycles. The predicted molar refractivity (Wildman–Crippen MR) is 57.9 cm³/mol. The molecule has 0 aromatic carbocycles. The van der Waals surface area contributed by atoms with Gasteiger partial charge in [-0.25, -0.2) is 4.79 Å². The smallest absolute Gasteiger partial charge is 0.691 e. The van der Waals surface area contributed by atoms with Crippen LogP contribution >= 0.6 is 28.0 Å². The molecule has 0 radical (unpaired) electrons. The summed E-state index contributed by atoms with van der Waals surface area (Å²) in [5.41, 5.74) is 0. The summed E-state index contributed by atoms with van der Waals surface area (Å²) >= 11 is 2.56. The number of rotatable bonds is 10. The summed E-state index contributed by atoms with van der Waals surface area (Å²) in [4.78, 5) is 10.8. The maximum absolute atomic E-state index is 12.8.